The van der Waals surface area contributed by atoms with E-state index in [4.69, 9.17) is 0 Å². The molecule has 0 saturated carbocycles. The van der Waals surface area contributed by atoms with E-state index < -0.39 is 11.5 Å². The number of carbonyl (C=O) groups is 1. The van der Waals surface area contributed by atoms with Gasteiger partial charge in [-0.15, -0.1) is 0 Å². The van der Waals surface area contributed by atoms with E-state index >= 15 is 0 Å². The summed E-state index contributed by atoms with van der Waals surface area (Å²) >= 11 is 0. The number of hydrogen-bond donors (Lipinski definition) is 2. The summed E-state index contributed by atoms with van der Waals surface area (Å²) in [6.07, 6.45) is 1.28. The summed E-state index contributed by atoms with van der Waals surface area (Å²) in [6, 6.07) is 7.56. The van der Waals surface area contributed by atoms with Crippen molar-refractivity contribution in [2.75, 3.05) is 5.32 Å². The highest BCUT2D eigenvalue weighted by atomic mass is 16.2. The van der Waals surface area contributed by atoms with Crippen molar-refractivity contribution in [3.05, 3.63) is 57.8 Å². The van der Waals surface area contributed by atoms with Crippen LogP contribution in [0.5, 0.6) is 0 Å². The molecule has 2 aromatic rings. The second-order valence-corrected chi connectivity index (χ2v) is 4.94. The molecular weight excluding hydrogens is 254 g/mol. The summed E-state index contributed by atoms with van der Waals surface area (Å²) in [7, 11) is 0. The average Bonchev–Trinajstić information content (AvgIpc) is 2.39. The molecule has 0 unspecified atom stereocenters. The molecule has 0 aliphatic rings. The monoisotopic (exact) mass is 271 g/mol. The summed E-state index contributed by atoms with van der Waals surface area (Å²) in [4.78, 5) is 30.1. The van der Waals surface area contributed by atoms with Gasteiger partial charge in [0.25, 0.3) is 11.5 Å². The molecule has 0 radical (unpaired) electrons. The topological polar surface area (TPSA) is 74.8 Å². The zero-order valence-electron chi connectivity index (χ0n) is 11.7. The van der Waals surface area contributed by atoms with Crippen LogP contribution in [0.3, 0.4) is 0 Å². The van der Waals surface area contributed by atoms with Crippen molar-refractivity contribution in [3.63, 3.8) is 0 Å². The molecule has 0 aliphatic carbocycles. The highest BCUT2D eigenvalue weighted by Gasteiger charge is 2.11. The van der Waals surface area contributed by atoms with Crippen molar-refractivity contribution in [2.45, 2.75) is 26.7 Å². The molecule has 104 valence electrons. The van der Waals surface area contributed by atoms with Crippen LogP contribution >= 0.6 is 0 Å². The standard InChI is InChI=1S/C15H17N3O2/c1-9(2)11-4-6-12(7-5-11)18-15(20)13-8-16-10(3)17-14(13)19/h4-9H,1-3H3,(H,18,20)(H,16,17,19). The molecule has 2 N–H and O–H groups in total. The Morgan fingerprint density at radius 3 is 2.45 bits per heavy atom. The molecule has 1 amide bonds. The van der Waals surface area contributed by atoms with Crippen molar-refractivity contribution < 1.29 is 4.79 Å². The van der Waals surface area contributed by atoms with Gasteiger partial charge in [0.15, 0.2) is 0 Å². The third-order valence-electron chi connectivity index (χ3n) is 3.01. The zero-order valence-corrected chi connectivity index (χ0v) is 11.7. The molecule has 1 aromatic carbocycles. The van der Waals surface area contributed by atoms with Gasteiger partial charge in [0, 0.05) is 11.9 Å². The first-order valence-electron chi connectivity index (χ1n) is 6.44. The quantitative estimate of drug-likeness (QED) is 0.900. The van der Waals surface area contributed by atoms with Crippen LogP contribution in [-0.2, 0) is 0 Å². The Morgan fingerprint density at radius 1 is 1.25 bits per heavy atom. The Labute approximate surface area is 117 Å². The molecule has 0 bridgehead atoms. The summed E-state index contributed by atoms with van der Waals surface area (Å²) in [5.74, 6) is 0.452. The Kier molecular flexibility index (Phi) is 3.98. The Morgan fingerprint density at radius 2 is 1.90 bits per heavy atom. The van der Waals surface area contributed by atoms with Crippen LogP contribution in [0.4, 0.5) is 5.69 Å². The lowest BCUT2D eigenvalue weighted by molar-refractivity contribution is 0.102. The Hall–Kier alpha value is -2.43. The lowest BCUT2D eigenvalue weighted by atomic mass is 10.0. The van der Waals surface area contributed by atoms with Crippen molar-refractivity contribution >= 4 is 11.6 Å². The van der Waals surface area contributed by atoms with Crippen molar-refractivity contribution in [1.29, 1.82) is 0 Å². The number of aryl methyl sites for hydroxylation is 1. The fraction of sp³-hybridized carbons (Fsp3) is 0.267. The van der Waals surface area contributed by atoms with Gasteiger partial charge >= 0.3 is 0 Å². The van der Waals surface area contributed by atoms with Crippen LogP contribution in [0.15, 0.2) is 35.3 Å². The van der Waals surface area contributed by atoms with E-state index in [1.807, 2.05) is 24.3 Å². The van der Waals surface area contributed by atoms with E-state index in [1.165, 1.54) is 11.8 Å². The van der Waals surface area contributed by atoms with E-state index in [0.717, 1.165) is 0 Å². The number of H-pyrrole nitrogens is 1. The van der Waals surface area contributed by atoms with Gasteiger partial charge in [-0.05, 0) is 30.5 Å². The van der Waals surface area contributed by atoms with E-state index in [2.05, 4.69) is 29.1 Å². The number of hydrogen-bond acceptors (Lipinski definition) is 3. The number of nitrogens with zero attached hydrogens (tertiary/aromatic N) is 1. The summed E-state index contributed by atoms with van der Waals surface area (Å²) in [5, 5.41) is 2.69. The van der Waals surface area contributed by atoms with Crippen molar-refractivity contribution in [3.8, 4) is 0 Å². The number of aromatic nitrogens is 2. The summed E-state index contributed by atoms with van der Waals surface area (Å²) < 4.78 is 0. The van der Waals surface area contributed by atoms with Crippen molar-refractivity contribution in [1.82, 2.24) is 9.97 Å². The Bertz CT molecular complexity index is 672. The normalized spacial score (nSPS) is 10.6. The SMILES string of the molecule is Cc1ncc(C(=O)Nc2ccc(C(C)C)cc2)c(=O)[nH]1. The molecule has 1 aromatic heterocycles. The lowest BCUT2D eigenvalue weighted by Gasteiger charge is -2.08. The van der Waals surface area contributed by atoms with Gasteiger partial charge in [-0.3, -0.25) is 9.59 Å². The molecule has 0 atom stereocenters. The minimum absolute atomic E-state index is 0.00327. The minimum atomic E-state index is -0.462. The largest absolute Gasteiger partial charge is 0.322 e. The molecular formula is C15H17N3O2. The van der Waals surface area contributed by atoms with Crippen LogP contribution in [-0.4, -0.2) is 15.9 Å². The molecule has 0 aliphatic heterocycles. The molecule has 0 saturated heterocycles. The summed E-state index contributed by atoms with van der Waals surface area (Å²) in [6.45, 7) is 5.87. The van der Waals surface area contributed by atoms with E-state index in [9.17, 15) is 9.59 Å². The molecule has 5 nitrogen and oxygen atoms in total. The van der Waals surface area contributed by atoms with Gasteiger partial charge in [0.2, 0.25) is 0 Å². The second kappa shape index (κ2) is 5.69. The molecule has 20 heavy (non-hydrogen) atoms. The van der Waals surface area contributed by atoms with Gasteiger partial charge in [0.1, 0.15) is 11.4 Å². The second-order valence-electron chi connectivity index (χ2n) is 4.94. The third-order valence-corrected chi connectivity index (χ3v) is 3.01. The number of nitrogens with one attached hydrogen (secondary N) is 2. The number of amides is 1. The average molecular weight is 271 g/mol. The van der Waals surface area contributed by atoms with Crippen LogP contribution in [0, 0.1) is 6.92 Å². The Balaban J connectivity index is 2.17. The number of rotatable bonds is 3. The van der Waals surface area contributed by atoms with Crippen LogP contribution in [0.25, 0.3) is 0 Å². The maximum atomic E-state index is 12.0. The molecule has 5 heteroatoms. The smallest absolute Gasteiger partial charge is 0.263 e. The highest BCUT2D eigenvalue weighted by Crippen LogP contribution is 2.17. The molecule has 2 rings (SSSR count). The molecule has 0 spiro atoms. The highest BCUT2D eigenvalue weighted by molar-refractivity contribution is 6.03. The first-order chi connectivity index (χ1) is 9.47. The lowest BCUT2D eigenvalue weighted by Crippen LogP contribution is -2.24. The predicted molar refractivity (Wildman–Crippen MR) is 78.1 cm³/mol. The van der Waals surface area contributed by atoms with Crippen LogP contribution in [0.1, 0.15) is 41.5 Å². The van der Waals surface area contributed by atoms with Gasteiger partial charge in [0.05, 0.1) is 0 Å². The number of carbonyl (C=O) groups excluding carboxylic acids is 1. The van der Waals surface area contributed by atoms with Gasteiger partial charge in [-0.2, -0.15) is 0 Å². The molecule has 1 heterocycles. The minimum Gasteiger partial charge on any atom is -0.322 e. The fourth-order valence-electron chi connectivity index (χ4n) is 1.80. The maximum absolute atomic E-state index is 12.0. The maximum Gasteiger partial charge on any atom is 0.263 e. The van der Waals surface area contributed by atoms with E-state index in [1.54, 1.807) is 6.92 Å². The van der Waals surface area contributed by atoms with E-state index in [-0.39, 0.29) is 5.56 Å². The molecule has 0 fully saturated rings. The summed E-state index contributed by atoms with van der Waals surface area (Å²) in [5.41, 5.74) is 1.41. The fourth-order valence-corrected chi connectivity index (χ4v) is 1.80. The number of aromatic amines is 1. The number of benzene rings is 1. The first-order valence-corrected chi connectivity index (χ1v) is 6.44. The van der Waals surface area contributed by atoms with Gasteiger partial charge in [-0.1, -0.05) is 26.0 Å². The van der Waals surface area contributed by atoms with Crippen LogP contribution < -0.4 is 10.9 Å². The van der Waals surface area contributed by atoms with Gasteiger partial charge in [-0.25, -0.2) is 4.98 Å². The van der Waals surface area contributed by atoms with Crippen LogP contribution in [0.2, 0.25) is 0 Å². The van der Waals surface area contributed by atoms with Crippen molar-refractivity contribution in [2.24, 2.45) is 0 Å². The number of anilines is 1. The predicted octanol–water partition coefficient (Wildman–Crippen LogP) is 2.45. The third kappa shape index (κ3) is 3.12. The van der Waals surface area contributed by atoms with E-state index in [0.29, 0.717) is 17.4 Å². The van der Waals surface area contributed by atoms with Gasteiger partial charge < -0.3 is 10.3 Å². The zero-order chi connectivity index (χ0) is 14.7. The first kappa shape index (κ1) is 14.0.